The number of nitrogen functional groups attached to an aromatic ring is 1. The minimum Gasteiger partial charge on any atom is -0.383 e. The normalized spacial score (nSPS) is 11.6. The molecule has 9 nitrogen and oxygen atoms in total. The molecule has 0 radical (unpaired) electrons. The SMILES string of the molecule is CNc1cc(-c2cccnc2N(c2c(C)ccc3c(N)nccc23)c2cc(C(C)(C)C)nn2C)ncn1. The number of anilines is 5. The number of rotatable bonds is 5. The highest BCUT2D eigenvalue weighted by molar-refractivity contribution is 6.04. The summed E-state index contributed by atoms with van der Waals surface area (Å²) in [5, 5.41) is 9.83. The maximum absolute atomic E-state index is 6.31. The van der Waals surface area contributed by atoms with Crippen LogP contribution in [0.4, 0.5) is 29.0 Å². The number of nitrogens with two attached hydrogens (primary N) is 1. The van der Waals surface area contributed by atoms with Crippen molar-refractivity contribution >= 4 is 39.7 Å². The first-order valence-electron chi connectivity index (χ1n) is 12.1. The van der Waals surface area contributed by atoms with Gasteiger partial charge >= 0.3 is 0 Å². The topological polar surface area (TPSA) is 111 Å². The average Bonchev–Trinajstić information content (AvgIpc) is 3.28. The molecule has 9 heteroatoms. The molecule has 5 rings (SSSR count). The lowest BCUT2D eigenvalue weighted by molar-refractivity contribution is 0.553. The summed E-state index contributed by atoms with van der Waals surface area (Å²) in [6.07, 6.45) is 5.09. The zero-order chi connectivity index (χ0) is 26.3. The third kappa shape index (κ3) is 4.33. The molecule has 0 spiro atoms. The predicted molar refractivity (Wildman–Crippen MR) is 149 cm³/mol. The van der Waals surface area contributed by atoms with Gasteiger partial charge in [0, 0.05) is 60.4 Å². The maximum Gasteiger partial charge on any atom is 0.148 e. The van der Waals surface area contributed by atoms with Crippen molar-refractivity contribution in [3.8, 4) is 11.3 Å². The molecule has 0 atom stereocenters. The van der Waals surface area contributed by atoms with E-state index in [1.807, 2.05) is 49.1 Å². The summed E-state index contributed by atoms with van der Waals surface area (Å²) in [6, 6.07) is 14.1. The Morgan fingerprint density at radius 1 is 0.946 bits per heavy atom. The summed E-state index contributed by atoms with van der Waals surface area (Å²) in [5.74, 6) is 2.80. The first-order valence-corrected chi connectivity index (χ1v) is 12.1. The van der Waals surface area contributed by atoms with Gasteiger partial charge in [0.2, 0.25) is 0 Å². The molecule has 0 aliphatic rings. The summed E-state index contributed by atoms with van der Waals surface area (Å²) in [7, 11) is 3.80. The summed E-state index contributed by atoms with van der Waals surface area (Å²) < 4.78 is 1.90. The summed E-state index contributed by atoms with van der Waals surface area (Å²) in [5.41, 5.74) is 10.8. The fraction of sp³-hybridized carbons (Fsp3) is 0.250. The Morgan fingerprint density at radius 2 is 1.76 bits per heavy atom. The molecule has 4 heterocycles. The maximum atomic E-state index is 6.31. The number of pyridine rings is 2. The lowest BCUT2D eigenvalue weighted by atomic mass is 9.92. The van der Waals surface area contributed by atoms with E-state index >= 15 is 0 Å². The van der Waals surface area contributed by atoms with Crippen LogP contribution < -0.4 is 16.0 Å². The van der Waals surface area contributed by atoms with Gasteiger partial charge in [-0.05, 0) is 30.7 Å². The monoisotopic (exact) mass is 493 g/mol. The molecule has 0 aliphatic carbocycles. The molecule has 0 saturated carbocycles. The molecule has 5 aromatic rings. The second kappa shape index (κ2) is 9.16. The smallest absolute Gasteiger partial charge is 0.148 e. The van der Waals surface area contributed by atoms with Crippen LogP contribution in [0.5, 0.6) is 0 Å². The van der Waals surface area contributed by atoms with Crippen LogP contribution >= 0.6 is 0 Å². The van der Waals surface area contributed by atoms with E-state index in [0.717, 1.165) is 56.4 Å². The number of benzene rings is 1. The van der Waals surface area contributed by atoms with Gasteiger partial charge in [0.25, 0.3) is 0 Å². The standard InChI is InChI=1S/C28H31N9/c1-17-9-10-19-18(11-13-31-26(19)29)25(17)37(24-15-22(28(2,3)4)35-36(24)6)27-20(8-7-12-32-27)21-14-23(30-5)34-16-33-21/h7-16H,1-6H3,(H2,29,31)(H,30,33,34). The zero-order valence-electron chi connectivity index (χ0n) is 22.0. The molecule has 0 bridgehead atoms. The first kappa shape index (κ1) is 24.2. The third-order valence-electron chi connectivity index (χ3n) is 6.42. The number of nitrogens with one attached hydrogen (secondary N) is 1. The Morgan fingerprint density at radius 3 is 2.49 bits per heavy atom. The van der Waals surface area contributed by atoms with Crippen LogP contribution in [0.15, 0.2) is 61.2 Å². The van der Waals surface area contributed by atoms with Crippen molar-refractivity contribution in [2.45, 2.75) is 33.1 Å². The van der Waals surface area contributed by atoms with Crippen LogP contribution in [0.25, 0.3) is 22.0 Å². The highest BCUT2D eigenvalue weighted by Gasteiger charge is 2.28. The highest BCUT2D eigenvalue weighted by atomic mass is 15.4. The fourth-order valence-corrected chi connectivity index (χ4v) is 4.45. The first-order chi connectivity index (χ1) is 17.7. The zero-order valence-corrected chi connectivity index (χ0v) is 22.0. The molecule has 0 amide bonds. The van der Waals surface area contributed by atoms with Gasteiger partial charge in [0.1, 0.15) is 29.6 Å². The summed E-state index contributed by atoms with van der Waals surface area (Å²) >= 11 is 0. The number of aromatic nitrogens is 6. The van der Waals surface area contributed by atoms with E-state index < -0.39 is 0 Å². The number of hydrogen-bond acceptors (Lipinski definition) is 8. The van der Waals surface area contributed by atoms with Crippen molar-refractivity contribution in [3.63, 3.8) is 0 Å². The molecule has 0 saturated heterocycles. The highest BCUT2D eigenvalue weighted by Crippen LogP contribution is 2.44. The van der Waals surface area contributed by atoms with Crippen LogP contribution in [0.1, 0.15) is 32.0 Å². The van der Waals surface area contributed by atoms with Crippen molar-refractivity contribution in [1.29, 1.82) is 0 Å². The van der Waals surface area contributed by atoms with Gasteiger partial charge < -0.3 is 11.1 Å². The van der Waals surface area contributed by atoms with Crippen LogP contribution in [0.3, 0.4) is 0 Å². The molecular formula is C28H31N9. The minimum atomic E-state index is -0.134. The Labute approximate surface area is 216 Å². The van der Waals surface area contributed by atoms with Gasteiger partial charge in [-0.1, -0.05) is 32.9 Å². The van der Waals surface area contributed by atoms with Gasteiger partial charge in [0.05, 0.1) is 17.1 Å². The summed E-state index contributed by atoms with van der Waals surface area (Å²) in [4.78, 5) is 20.3. The minimum absolute atomic E-state index is 0.134. The van der Waals surface area contributed by atoms with Gasteiger partial charge in [0.15, 0.2) is 0 Å². The Bertz CT molecular complexity index is 1600. The van der Waals surface area contributed by atoms with Crippen LogP contribution in [0, 0.1) is 6.92 Å². The van der Waals surface area contributed by atoms with E-state index in [9.17, 15) is 0 Å². The van der Waals surface area contributed by atoms with Crippen LogP contribution in [-0.4, -0.2) is 36.8 Å². The molecule has 1 aromatic carbocycles. The Balaban J connectivity index is 1.86. The van der Waals surface area contributed by atoms with E-state index in [-0.39, 0.29) is 5.41 Å². The average molecular weight is 494 g/mol. The van der Waals surface area contributed by atoms with Gasteiger partial charge in [-0.3, -0.25) is 9.58 Å². The van der Waals surface area contributed by atoms with Crippen molar-refractivity contribution in [3.05, 3.63) is 72.4 Å². The molecule has 0 aliphatic heterocycles. The number of fused-ring (bicyclic) bond motifs is 1. The molecule has 4 aromatic heterocycles. The van der Waals surface area contributed by atoms with Crippen molar-refractivity contribution < 1.29 is 0 Å². The van der Waals surface area contributed by atoms with Crippen molar-refractivity contribution in [2.75, 3.05) is 23.0 Å². The van der Waals surface area contributed by atoms with Crippen molar-refractivity contribution in [1.82, 2.24) is 29.7 Å². The fourth-order valence-electron chi connectivity index (χ4n) is 4.45. The quantitative estimate of drug-likeness (QED) is 0.329. The molecule has 3 N–H and O–H groups in total. The third-order valence-corrected chi connectivity index (χ3v) is 6.42. The van der Waals surface area contributed by atoms with E-state index in [2.05, 4.69) is 65.0 Å². The molecule has 0 unspecified atom stereocenters. The predicted octanol–water partition coefficient (Wildman–Crippen LogP) is 5.52. The Hall–Kier alpha value is -4.53. The number of hydrogen-bond donors (Lipinski definition) is 2. The Kier molecular flexibility index (Phi) is 5.99. The van der Waals surface area contributed by atoms with E-state index in [0.29, 0.717) is 5.82 Å². The second-order valence-corrected chi connectivity index (χ2v) is 10.0. The lowest BCUT2D eigenvalue weighted by Gasteiger charge is -2.28. The van der Waals surface area contributed by atoms with E-state index in [4.69, 9.17) is 15.8 Å². The lowest BCUT2D eigenvalue weighted by Crippen LogP contribution is -2.18. The molecule has 188 valence electrons. The molecule has 37 heavy (non-hydrogen) atoms. The van der Waals surface area contributed by atoms with Gasteiger partial charge in [-0.2, -0.15) is 5.10 Å². The second-order valence-electron chi connectivity index (χ2n) is 10.0. The molecular weight excluding hydrogens is 462 g/mol. The van der Waals surface area contributed by atoms with Crippen molar-refractivity contribution in [2.24, 2.45) is 7.05 Å². The number of nitrogens with zero attached hydrogens (tertiary/aromatic N) is 7. The van der Waals surface area contributed by atoms with Crippen LogP contribution in [-0.2, 0) is 12.5 Å². The van der Waals surface area contributed by atoms with Gasteiger partial charge in [-0.15, -0.1) is 0 Å². The van der Waals surface area contributed by atoms with Gasteiger partial charge in [-0.25, -0.2) is 19.9 Å². The largest absolute Gasteiger partial charge is 0.383 e. The van der Waals surface area contributed by atoms with E-state index in [1.165, 1.54) is 0 Å². The molecule has 0 fully saturated rings. The van der Waals surface area contributed by atoms with E-state index in [1.54, 1.807) is 18.7 Å². The van der Waals surface area contributed by atoms with Crippen LogP contribution in [0.2, 0.25) is 0 Å². The summed E-state index contributed by atoms with van der Waals surface area (Å²) in [6.45, 7) is 8.56. The number of aryl methyl sites for hydroxylation is 2.